The summed E-state index contributed by atoms with van der Waals surface area (Å²) < 4.78 is 13.2. The average molecular weight is 258 g/mol. The molecule has 1 N–H and O–H groups in total. The van der Waals surface area contributed by atoms with Crippen LogP contribution in [0.3, 0.4) is 0 Å². The van der Waals surface area contributed by atoms with Crippen LogP contribution in [0.1, 0.15) is 12.0 Å². The third-order valence-corrected chi connectivity index (χ3v) is 3.37. The second kappa shape index (κ2) is 5.02. The zero-order valence-electron chi connectivity index (χ0n) is 9.20. The molecule has 1 heterocycles. The molecule has 1 aromatic rings. The fourth-order valence-corrected chi connectivity index (χ4v) is 2.19. The molecule has 0 aromatic heterocycles. The van der Waals surface area contributed by atoms with Crippen LogP contribution in [0.5, 0.6) is 0 Å². The molecule has 1 unspecified atom stereocenters. The summed E-state index contributed by atoms with van der Waals surface area (Å²) in [4.78, 5) is 13.3. The number of carbonyl (C=O) groups excluding carboxylic acids is 1. The van der Waals surface area contributed by atoms with Gasteiger partial charge in [-0.1, -0.05) is 0 Å². The van der Waals surface area contributed by atoms with Gasteiger partial charge in [0.1, 0.15) is 5.82 Å². The molecule has 1 atom stereocenters. The van der Waals surface area contributed by atoms with Gasteiger partial charge in [0.25, 0.3) is 0 Å². The van der Waals surface area contributed by atoms with Crippen molar-refractivity contribution in [3.05, 3.63) is 29.6 Å². The summed E-state index contributed by atoms with van der Waals surface area (Å²) in [6.07, 6.45) is 0.426. The van der Waals surface area contributed by atoms with Gasteiger partial charge >= 0.3 is 0 Å². The molecule has 5 heteroatoms. The van der Waals surface area contributed by atoms with Crippen molar-refractivity contribution in [2.75, 3.05) is 17.3 Å². The number of nitrogens with zero attached hydrogens (tertiary/aromatic N) is 1. The Morgan fingerprint density at radius 2 is 2.29 bits per heavy atom. The summed E-state index contributed by atoms with van der Waals surface area (Å²) in [6.45, 7) is 0.180. The quantitative estimate of drug-likeness (QED) is 0.841. The second-order valence-electron chi connectivity index (χ2n) is 4.16. The fourth-order valence-electron chi connectivity index (χ4n) is 1.98. The van der Waals surface area contributed by atoms with E-state index in [1.807, 2.05) is 0 Å². The number of halogens is 2. The van der Waals surface area contributed by atoms with E-state index in [1.54, 1.807) is 11.0 Å². The van der Waals surface area contributed by atoms with E-state index in [2.05, 4.69) is 0 Å². The standard InChI is InChI=1S/C12H13ClFNO2/c13-5-8-3-12(17)15(6-8)10-1-2-11(14)9(4-10)7-16/h1-2,4,8,16H,3,5-7H2. The van der Waals surface area contributed by atoms with Gasteiger partial charge in [-0.2, -0.15) is 0 Å². The van der Waals surface area contributed by atoms with Crippen LogP contribution in [0, 0.1) is 11.7 Å². The highest BCUT2D eigenvalue weighted by Gasteiger charge is 2.30. The molecule has 1 fully saturated rings. The van der Waals surface area contributed by atoms with Crippen molar-refractivity contribution in [1.82, 2.24) is 0 Å². The summed E-state index contributed by atoms with van der Waals surface area (Å²) in [5.41, 5.74) is 0.817. The van der Waals surface area contributed by atoms with E-state index in [4.69, 9.17) is 16.7 Å². The van der Waals surface area contributed by atoms with Crippen LogP contribution in [-0.2, 0) is 11.4 Å². The Balaban J connectivity index is 2.26. The zero-order valence-corrected chi connectivity index (χ0v) is 9.95. The number of hydrogen-bond donors (Lipinski definition) is 1. The van der Waals surface area contributed by atoms with Crippen molar-refractivity contribution >= 4 is 23.2 Å². The topological polar surface area (TPSA) is 40.5 Å². The SMILES string of the molecule is O=C1CC(CCl)CN1c1ccc(F)c(CO)c1. The highest BCUT2D eigenvalue weighted by Crippen LogP contribution is 2.27. The van der Waals surface area contributed by atoms with E-state index >= 15 is 0 Å². The molecule has 1 amide bonds. The first-order valence-corrected chi connectivity index (χ1v) is 5.94. The third kappa shape index (κ3) is 2.42. The first-order valence-electron chi connectivity index (χ1n) is 5.41. The van der Waals surface area contributed by atoms with Crippen LogP contribution >= 0.6 is 11.6 Å². The largest absolute Gasteiger partial charge is 0.392 e. The molecule has 0 bridgehead atoms. The Morgan fingerprint density at radius 3 is 2.88 bits per heavy atom. The van der Waals surface area contributed by atoms with Gasteiger partial charge in [0.05, 0.1) is 6.61 Å². The molecule has 1 aliphatic heterocycles. The summed E-state index contributed by atoms with van der Waals surface area (Å²) in [5.74, 6) is 0.116. The number of alkyl halides is 1. The minimum atomic E-state index is -0.461. The van der Waals surface area contributed by atoms with Crippen molar-refractivity contribution in [1.29, 1.82) is 0 Å². The first kappa shape index (κ1) is 12.3. The maximum atomic E-state index is 13.2. The van der Waals surface area contributed by atoms with Gasteiger partial charge in [0.2, 0.25) is 5.91 Å². The van der Waals surface area contributed by atoms with Gasteiger partial charge in [-0.25, -0.2) is 4.39 Å². The second-order valence-corrected chi connectivity index (χ2v) is 4.47. The van der Waals surface area contributed by atoms with Crippen molar-refractivity contribution in [2.24, 2.45) is 5.92 Å². The molecule has 1 aliphatic rings. The fraction of sp³-hybridized carbons (Fsp3) is 0.417. The lowest BCUT2D eigenvalue weighted by atomic mass is 10.1. The average Bonchev–Trinajstić information content (AvgIpc) is 2.71. The summed E-state index contributed by atoms with van der Waals surface area (Å²) in [5, 5.41) is 8.99. The minimum Gasteiger partial charge on any atom is -0.392 e. The smallest absolute Gasteiger partial charge is 0.227 e. The van der Waals surface area contributed by atoms with E-state index in [0.29, 0.717) is 24.5 Å². The first-order chi connectivity index (χ1) is 8.15. The minimum absolute atomic E-state index is 0.00820. The molecule has 1 aromatic carbocycles. The predicted octanol–water partition coefficient (Wildman–Crippen LogP) is 1.91. The van der Waals surface area contributed by atoms with Gasteiger partial charge in [0, 0.05) is 30.1 Å². The van der Waals surface area contributed by atoms with Crippen LogP contribution in [0.4, 0.5) is 10.1 Å². The van der Waals surface area contributed by atoms with E-state index in [0.717, 1.165) is 0 Å². The Hall–Kier alpha value is -1.13. The molecule has 3 nitrogen and oxygen atoms in total. The summed E-state index contributed by atoms with van der Waals surface area (Å²) in [6, 6.07) is 4.31. The molecule has 17 heavy (non-hydrogen) atoms. The van der Waals surface area contributed by atoms with Gasteiger partial charge < -0.3 is 10.0 Å². The van der Waals surface area contributed by atoms with E-state index in [9.17, 15) is 9.18 Å². The number of aliphatic hydroxyl groups is 1. The third-order valence-electron chi connectivity index (χ3n) is 2.93. The van der Waals surface area contributed by atoms with E-state index in [1.165, 1.54) is 12.1 Å². The molecule has 92 valence electrons. The molecule has 0 aliphatic carbocycles. The van der Waals surface area contributed by atoms with Crippen molar-refractivity contribution < 1.29 is 14.3 Å². The summed E-state index contributed by atoms with van der Waals surface area (Å²) >= 11 is 5.73. The lowest BCUT2D eigenvalue weighted by Crippen LogP contribution is -2.24. The Bertz CT molecular complexity index is 439. The number of carbonyl (C=O) groups is 1. The van der Waals surface area contributed by atoms with E-state index in [-0.39, 0.29) is 24.0 Å². The molecule has 0 radical (unpaired) electrons. The van der Waals surface area contributed by atoms with Crippen molar-refractivity contribution in [2.45, 2.75) is 13.0 Å². The predicted molar refractivity (Wildman–Crippen MR) is 63.5 cm³/mol. The zero-order chi connectivity index (χ0) is 12.4. The number of hydrogen-bond acceptors (Lipinski definition) is 2. The maximum absolute atomic E-state index is 13.2. The summed E-state index contributed by atoms with van der Waals surface area (Å²) in [7, 11) is 0. The highest BCUT2D eigenvalue weighted by molar-refractivity contribution is 6.18. The van der Waals surface area contributed by atoms with Gasteiger partial charge in [-0.3, -0.25) is 4.79 Å². The van der Waals surface area contributed by atoms with Crippen LogP contribution in [0.15, 0.2) is 18.2 Å². The van der Waals surface area contributed by atoms with Crippen LogP contribution in [0.2, 0.25) is 0 Å². The Kier molecular flexibility index (Phi) is 3.64. The monoisotopic (exact) mass is 257 g/mol. The van der Waals surface area contributed by atoms with Crippen molar-refractivity contribution in [3.8, 4) is 0 Å². The van der Waals surface area contributed by atoms with Gasteiger partial charge in [0.15, 0.2) is 0 Å². The lowest BCUT2D eigenvalue weighted by molar-refractivity contribution is -0.117. The van der Waals surface area contributed by atoms with Crippen LogP contribution in [0.25, 0.3) is 0 Å². The number of aliphatic hydroxyl groups excluding tert-OH is 1. The van der Waals surface area contributed by atoms with E-state index < -0.39 is 5.82 Å². The normalized spacial score (nSPS) is 20.1. The molecule has 2 rings (SSSR count). The van der Waals surface area contributed by atoms with Gasteiger partial charge in [-0.05, 0) is 24.1 Å². The lowest BCUT2D eigenvalue weighted by Gasteiger charge is -2.17. The highest BCUT2D eigenvalue weighted by atomic mass is 35.5. The molecule has 0 saturated carbocycles. The Morgan fingerprint density at radius 1 is 1.53 bits per heavy atom. The molecular formula is C12H13ClFNO2. The number of anilines is 1. The number of rotatable bonds is 3. The molecule has 0 spiro atoms. The number of amides is 1. The van der Waals surface area contributed by atoms with Crippen molar-refractivity contribution in [3.63, 3.8) is 0 Å². The van der Waals surface area contributed by atoms with Crippen LogP contribution < -0.4 is 4.90 Å². The number of benzene rings is 1. The van der Waals surface area contributed by atoms with Gasteiger partial charge in [-0.15, -0.1) is 11.6 Å². The molecule has 1 saturated heterocycles. The van der Waals surface area contributed by atoms with Crippen LogP contribution in [-0.4, -0.2) is 23.4 Å². The molecular weight excluding hydrogens is 245 g/mol. The maximum Gasteiger partial charge on any atom is 0.227 e. The Labute approximate surface area is 104 Å².